The first-order chi connectivity index (χ1) is 22.5. The topological polar surface area (TPSA) is 72.9 Å². The van der Waals surface area contributed by atoms with E-state index in [1.165, 1.54) is 5.57 Å². The van der Waals surface area contributed by atoms with Gasteiger partial charge >= 0.3 is 12.1 Å². The van der Waals surface area contributed by atoms with Gasteiger partial charge in [-0.3, -0.25) is 14.5 Å². The molecule has 0 saturated carbocycles. The number of piperazine rings is 1. The summed E-state index contributed by atoms with van der Waals surface area (Å²) in [5, 5.41) is 13.2. The lowest BCUT2D eigenvalue weighted by molar-refractivity contribution is -0.339. The molecule has 0 bridgehead atoms. The van der Waals surface area contributed by atoms with Crippen LogP contribution in [0.1, 0.15) is 101 Å². The van der Waals surface area contributed by atoms with Crippen LogP contribution >= 0.6 is 0 Å². The highest BCUT2D eigenvalue weighted by Gasteiger charge is 2.67. The minimum Gasteiger partial charge on any atom is -0.384 e. The van der Waals surface area contributed by atoms with Crippen molar-refractivity contribution in [2.45, 2.75) is 103 Å². The van der Waals surface area contributed by atoms with Crippen molar-refractivity contribution in [3.63, 3.8) is 0 Å². The highest BCUT2D eigenvalue weighted by Crippen LogP contribution is 2.46. The zero-order valence-corrected chi connectivity index (χ0v) is 29.1. The number of likely N-dealkylation sites (N-methyl/N-ethyl adjacent to an activating group) is 1. The maximum Gasteiger partial charge on any atom is 0.456 e. The Morgan fingerprint density at radius 1 is 0.979 bits per heavy atom. The minimum atomic E-state index is -5.85. The average molecular weight is 684 g/mol. The van der Waals surface area contributed by atoms with Gasteiger partial charge in [-0.05, 0) is 93.7 Å². The second-order valence-electron chi connectivity index (χ2n) is 14.1. The summed E-state index contributed by atoms with van der Waals surface area (Å²) in [4.78, 5) is 29.6. The third-order valence-corrected chi connectivity index (χ3v) is 10.3. The molecule has 1 aromatic rings. The molecule has 48 heavy (non-hydrogen) atoms. The van der Waals surface area contributed by atoms with E-state index in [1.54, 1.807) is 18.2 Å². The summed E-state index contributed by atoms with van der Waals surface area (Å²) in [6, 6.07) is 7.49. The SMILES string of the molecule is CCCC/C(=C1\C=CC(=O)CC1)[C@H](CC(C)[C@H](C)CCC(C)(O)C(F)(F)C(F)(F)F)c1ccc(C(=O)NCCN2CCN(C)CC2)cc1. The number of alkyl halides is 5. The van der Waals surface area contributed by atoms with Gasteiger partial charge in [-0.25, -0.2) is 0 Å². The molecule has 2 aliphatic rings. The van der Waals surface area contributed by atoms with E-state index >= 15 is 0 Å². The van der Waals surface area contributed by atoms with Gasteiger partial charge in [0.1, 0.15) is 5.60 Å². The fourth-order valence-corrected chi connectivity index (χ4v) is 6.52. The summed E-state index contributed by atoms with van der Waals surface area (Å²) in [6.07, 6.45) is 1.18. The first-order valence-electron chi connectivity index (χ1n) is 17.4. The number of amides is 1. The predicted octanol–water partition coefficient (Wildman–Crippen LogP) is 7.54. The van der Waals surface area contributed by atoms with Crippen LogP contribution in [-0.4, -0.2) is 90.6 Å². The molecule has 0 radical (unpaired) electrons. The Balaban J connectivity index is 1.80. The summed E-state index contributed by atoms with van der Waals surface area (Å²) in [7, 11) is 2.10. The van der Waals surface area contributed by atoms with Crippen LogP contribution in [0.15, 0.2) is 47.6 Å². The molecule has 2 N–H and O–H groups in total. The van der Waals surface area contributed by atoms with Crippen molar-refractivity contribution >= 4 is 11.7 Å². The molecule has 6 nitrogen and oxygen atoms in total. The molecule has 270 valence electrons. The Morgan fingerprint density at radius 3 is 2.19 bits per heavy atom. The molecule has 1 aromatic carbocycles. The number of nitrogens with one attached hydrogen (secondary N) is 1. The monoisotopic (exact) mass is 683 g/mol. The van der Waals surface area contributed by atoms with Crippen LogP contribution in [0.5, 0.6) is 0 Å². The van der Waals surface area contributed by atoms with Gasteiger partial charge in [0.25, 0.3) is 5.91 Å². The van der Waals surface area contributed by atoms with E-state index in [0.717, 1.165) is 63.1 Å². The molecule has 3 rings (SSSR count). The average Bonchev–Trinajstić information content (AvgIpc) is 3.04. The van der Waals surface area contributed by atoms with Gasteiger partial charge in [0.05, 0.1) is 0 Å². The number of carbonyl (C=O) groups is 2. The second kappa shape index (κ2) is 17.3. The van der Waals surface area contributed by atoms with Crippen LogP contribution < -0.4 is 5.32 Å². The summed E-state index contributed by atoms with van der Waals surface area (Å²) in [5.74, 6) is -5.81. The predicted molar refractivity (Wildman–Crippen MR) is 179 cm³/mol. The molecule has 1 amide bonds. The Kier molecular flexibility index (Phi) is 14.4. The second-order valence-corrected chi connectivity index (χ2v) is 14.1. The molecule has 1 aliphatic carbocycles. The Bertz CT molecular complexity index is 1270. The van der Waals surface area contributed by atoms with Crippen molar-refractivity contribution < 1.29 is 36.6 Å². The largest absolute Gasteiger partial charge is 0.456 e. The standard InChI is InChI=1S/C37H54F5N3O3/c1-6-7-8-32(28-13-15-31(46)16-14-28)33(25-27(3)26(2)17-18-35(4,48)36(38,39)37(40,41)42)29-9-11-30(12-10-29)34(47)43-19-20-45-23-21-44(5)22-24-45/h9-13,15,26-27,33,48H,6-8,14,16-25H2,1-5H3,(H,43,47)/b32-28-/t26-,27?,33-,35?/m1/s1. The quantitative estimate of drug-likeness (QED) is 0.176. The van der Waals surface area contributed by atoms with Gasteiger partial charge in [-0.1, -0.05) is 51.0 Å². The van der Waals surface area contributed by atoms with Crippen LogP contribution in [0.3, 0.4) is 0 Å². The molecule has 1 fully saturated rings. The number of unbranched alkanes of at least 4 members (excludes halogenated alkanes) is 1. The summed E-state index contributed by atoms with van der Waals surface area (Å²) in [6.45, 7) is 11.7. The summed E-state index contributed by atoms with van der Waals surface area (Å²) >= 11 is 0. The van der Waals surface area contributed by atoms with Crippen LogP contribution in [0.4, 0.5) is 22.0 Å². The van der Waals surface area contributed by atoms with Crippen molar-refractivity contribution in [3.05, 3.63) is 58.7 Å². The van der Waals surface area contributed by atoms with Gasteiger partial charge in [-0.2, -0.15) is 22.0 Å². The van der Waals surface area contributed by atoms with Crippen molar-refractivity contribution in [1.82, 2.24) is 15.1 Å². The number of ketones is 1. The molecule has 2 unspecified atom stereocenters. The molecule has 1 heterocycles. The molecule has 0 spiro atoms. The molecular formula is C37H54F5N3O3. The zero-order chi connectivity index (χ0) is 35.7. The van der Waals surface area contributed by atoms with Crippen LogP contribution in [0.2, 0.25) is 0 Å². The molecule has 0 aromatic heterocycles. The number of nitrogens with zero attached hydrogens (tertiary/aromatic N) is 2. The number of carbonyl (C=O) groups excluding carboxylic acids is 2. The lowest BCUT2D eigenvalue weighted by Gasteiger charge is -2.35. The maximum absolute atomic E-state index is 14.1. The normalized spacial score (nSPS) is 21.0. The van der Waals surface area contributed by atoms with Crippen LogP contribution in [0.25, 0.3) is 0 Å². The minimum absolute atomic E-state index is 0.0188. The third kappa shape index (κ3) is 10.7. The molecule has 1 saturated heterocycles. The molecule has 11 heteroatoms. The maximum atomic E-state index is 14.1. The fourth-order valence-electron chi connectivity index (χ4n) is 6.52. The van der Waals surface area contributed by atoms with E-state index in [9.17, 15) is 36.6 Å². The van der Waals surface area contributed by atoms with Crippen molar-refractivity contribution in [1.29, 1.82) is 0 Å². The first-order valence-corrected chi connectivity index (χ1v) is 17.4. The van der Waals surface area contributed by atoms with E-state index in [4.69, 9.17) is 0 Å². The zero-order valence-electron chi connectivity index (χ0n) is 29.1. The lowest BCUT2D eigenvalue weighted by atomic mass is 9.74. The summed E-state index contributed by atoms with van der Waals surface area (Å²) in [5.41, 5.74) is 0.553. The number of hydrogen-bond acceptors (Lipinski definition) is 5. The van der Waals surface area contributed by atoms with Gasteiger partial charge in [0, 0.05) is 57.2 Å². The first kappa shape index (κ1) is 39.8. The number of allylic oxidation sites excluding steroid dienone is 4. The Morgan fingerprint density at radius 2 is 1.62 bits per heavy atom. The Hall–Kier alpha value is -2.63. The van der Waals surface area contributed by atoms with E-state index in [1.807, 2.05) is 32.1 Å². The lowest BCUT2D eigenvalue weighted by Crippen LogP contribution is -2.55. The number of aliphatic hydroxyl groups is 1. The third-order valence-electron chi connectivity index (χ3n) is 10.3. The number of hydrogen-bond donors (Lipinski definition) is 2. The van der Waals surface area contributed by atoms with Crippen molar-refractivity contribution in [2.75, 3.05) is 46.3 Å². The van der Waals surface area contributed by atoms with Crippen LogP contribution in [0, 0.1) is 11.8 Å². The van der Waals surface area contributed by atoms with Gasteiger partial charge < -0.3 is 15.3 Å². The smallest absolute Gasteiger partial charge is 0.384 e. The molecular weight excluding hydrogens is 629 g/mol. The number of halogens is 5. The fraction of sp³-hybridized carbons (Fsp3) is 0.676. The van der Waals surface area contributed by atoms with Crippen molar-refractivity contribution in [2.24, 2.45) is 11.8 Å². The highest BCUT2D eigenvalue weighted by atomic mass is 19.4. The summed E-state index contributed by atoms with van der Waals surface area (Å²) < 4.78 is 67.2. The highest BCUT2D eigenvalue weighted by molar-refractivity contribution is 5.94. The number of rotatable bonds is 16. The number of benzene rings is 1. The van der Waals surface area contributed by atoms with Gasteiger partial charge in [-0.15, -0.1) is 0 Å². The van der Waals surface area contributed by atoms with Crippen LogP contribution in [-0.2, 0) is 4.79 Å². The molecule has 4 atom stereocenters. The van der Waals surface area contributed by atoms with E-state index in [2.05, 4.69) is 29.1 Å². The van der Waals surface area contributed by atoms with E-state index < -0.39 is 24.1 Å². The van der Waals surface area contributed by atoms with Gasteiger partial charge in [0.2, 0.25) is 0 Å². The van der Waals surface area contributed by atoms with E-state index in [-0.39, 0.29) is 35.9 Å². The Labute approximate surface area is 282 Å². The molecule has 1 aliphatic heterocycles. The van der Waals surface area contributed by atoms with Crippen molar-refractivity contribution in [3.8, 4) is 0 Å². The van der Waals surface area contributed by atoms with E-state index in [0.29, 0.717) is 38.3 Å². The van der Waals surface area contributed by atoms with Gasteiger partial charge in [0.15, 0.2) is 5.78 Å².